The van der Waals surface area contributed by atoms with Gasteiger partial charge in [0.2, 0.25) is 0 Å². The number of H-pyrrole nitrogens is 1. The molecule has 3 N–H and O–H groups in total. The number of aldehydes is 1. The summed E-state index contributed by atoms with van der Waals surface area (Å²) < 4.78 is 0. The minimum absolute atomic E-state index is 0.134. The number of nitrogens with two attached hydrogens (primary N) is 1. The molecule has 5 heteroatoms. The van der Waals surface area contributed by atoms with Crippen LogP contribution in [0, 0.1) is 0 Å². The first-order valence-electron chi connectivity index (χ1n) is 2.20. The third-order valence-corrected chi connectivity index (χ3v) is 1.19. The van der Waals surface area contributed by atoms with Gasteiger partial charge in [0.1, 0.15) is 5.15 Å². The molecule has 0 fully saturated rings. The standard InChI is InChI=1S/C4H4ClN3O/c5-3-2(1-9)4(6)8-7-3/h1H,(H3,6,7,8). The summed E-state index contributed by atoms with van der Waals surface area (Å²) in [6.45, 7) is 0. The Morgan fingerprint density at radius 1 is 1.78 bits per heavy atom. The molecule has 0 aromatic carbocycles. The van der Waals surface area contributed by atoms with Gasteiger partial charge in [0, 0.05) is 0 Å². The molecule has 9 heavy (non-hydrogen) atoms. The van der Waals surface area contributed by atoms with Crippen LogP contribution in [0.4, 0.5) is 5.82 Å². The number of nitrogen functional groups attached to an aromatic ring is 1. The third kappa shape index (κ3) is 0.882. The third-order valence-electron chi connectivity index (χ3n) is 0.905. The van der Waals surface area contributed by atoms with Crippen LogP contribution in [0.5, 0.6) is 0 Å². The quantitative estimate of drug-likeness (QED) is 0.564. The van der Waals surface area contributed by atoms with Crippen molar-refractivity contribution in [2.75, 3.05) is 5.73 Å². The first-order chi connectivity index (χ1) is 4.25. The van der Waals surface area contributed by atoms with Crippen LogP contribution in [-0.2, 0) is 0 Å². The maximum absolute atomic E-state index is 10.1. The molecular weight excluding hydrogens is 142 g/mol. The molecule has 0 atom stereocenters. The number of rotatable bonds is 1. The predicted octanol–water partition coefficient (Wildman–Crippen LogP) is 0.458. The molecule has 0 aliphatic rings. The zero-order chi connectivity index (χ0) is 6.85. The fraction of sp³-hybridized carbons (Fsp3) is 0. The summed E-state index contributed by atoms with van der Waals surface area (Å²) in [6, 6.07) is 0. The van der Waals surface area contributed by atoms with E-state index < -0.39 is 0 Å². The molecule has 0 saturated heterocycles. The minimum Gasteiger partial charge on any atom is -0.382 e. The molecule has 1 aromatic heterocycles. The smallest absolute Gasteiger partial charge is 0.157 e. The van der Waals surface area contributed by atoms with Crippen LogP contribution in [-0.4, -0.2) is 16.5 Å². The molecule has 0 aliphatic carbocycles. The number of nitrogens with one attached hydrogen (secondary N) is 1. The average molecular weight is 146 g/mol. The molecule has 1 rings (SSSR count). The molecule has 0 saturated carbocycles. The number of hydrogen-bond donors (Lipinski definition) is 2. The highest BCUT2D eigenvalue weighted by atomic mass is 35.5. The maximum atomic E-state index is 10.1. The fourth-order valence-electron chi connectivity index (χ4n) is 0.454. The van der Waals surface area contributed by atoms with Crippen molar-refractivity contribution in [3.05, 3.63) is 10.7 Å². The number of carbonyl (C=O) groups is 1. The Kier molecular flexibility index (Phi) is 1.40. The molecule has 48 valence electrons. The minimum atomic E-state index is 0.134. The summed E-state index contributed by atoms with van der Waals surface area (Å²) >= 11 is 5.42. The van der Waals surface area contributed by atoms with E-state index in [1.54, 1.807) is 0 Å². The molecule has 1 heterocycles. The van der Waals surface area contributed by atoms with E-state index in [9.17, 15) is 4.79 Å². The van der Waals surface area contributed by atoms with Crippen molar-refractivity contribution >= 4 is 23.7 Å². The van der Waals surface area contributed by atoms with Gasteiger partial charge in [-0.1, -0.05) is 11.6 Å². The van der Waals surface area contributed by atoms with Crippen molar-refractivity contribution in [1.82, 2.24) is 10.2 Å². The highest BCUT2D eigenvalue weighted by Gasteiger charge is 2.05. The van der Waals surface area contributed by atoms with Crippen LogP contribution in [0.3, 0.4) is 0 Å². The van der Waals surface area contributed by atoms with E-state index in [1.807, 2.05) is 0 Å². The van der Waals surface area contributed by atoms with Crippen molar-refractivity contribution in [3.8, 4) is 0 Å². The molecule has 0 aliphatic heterocycles. The van der Waals surface area contributed by atoms with Gasteiger partial charge in [0.25, 0.3) is 0 Å². The zero-order valence-corrected chi connectivity index (χ0v) is 5.14. The van der Waals surface area contributed by atoms with Gasteiger partial charge in [-0.15, -0.1) is 0 Å². The summed E-state index contributed by atoms with van der Waals surface area (Å²) in [7, 11) is 0. The van der Waals surface area contributed by atoms with Gasteiger partial charge in [0.05, 0.1) is 5.56 Å². The lowest BCUT2D eigenvalue weighted by atomic mass is 10.4. The summed E-state index contributed by atoms with van der Waals surface area (Å²) in [4.78, 5) is 10.1. The van der Waals surface area contributed by atoms with E-state index in [-0.39, 0.29) is 16.5 Å². The molecular formula is C4H4ClN3O. The number of halogens is 1. The van der Waals surface area contributed by atoms with E-state index in [0.717, 1.165) is 0 Å². The number of anilines is 1. The summed E-state index contributed by atoms with van der Waals surface area (Å²) in [6.07, 6.45) is 0.557. The second-order valence-electron chi connectivity index (χ2n) is 1.45. The van der Waals surface area contributed by atoms with Crippen molar-refractivity contribution in [1.29, 1.82) is 0 Å². The van der Waals surface area contributed by atoms with Crippen molar-refractivity contribution < 1.29 is 4.79 Å². The Bertz CT molecular complexity index is 212. The Morgan fingerprint density at radius 3 is 2.67 bits per heavy atom. The Morgan fingerprint density at radius 2 is 2.44 bits per heavy atom. The molecule has 4 nitrogen and oxygen atoms in total. The van der Waals surface area contributed by atoms with E-state index >= 15 is 0 Å². The summed E-state index contributed by atoms with van der Waals surface area (Å²) in [5.74, 6) is 0.134. The molecule has 0 bridgehead atoms. The van der Waals surface area contributed by atoms with E-state index in [1.165, 1.54) is 0 Å². The van der Waals surface area contributed by atoms with E-state index in [0.29, 0.717) is 6.29 Å². The van der Waals surface area contributed by atoms with Gasteiger partial charge in [0.15, 0.2) is 12.1 Å². The lowest BCUT2D eigenvalue weighted by Gasteiger charge is -1.80. The topological polar surface area (TPSA) is 71.8 Å². The first-order valence-corrected chi connectivity index (χ1v) is 2.58. The Hall–Kier alpha value is -1.03. The lowest BCUT2D eigenvalue weighted by molar-refractivity contribution is 0.112. The van der Waals surface area contributed by atoms with E-state index in [4.69, 9.17) is 17.3 Å². The zero-order valence-electron chi connectivity index (χ0n) is 4.39. The second-order valence-corrected chi connectivity index (χ2v) is 1.83. The van der Waals surface area contributed by atoms with Gasteiger partial charge in [-0.3, -0.25) is 9.89 Å². The molecule has 0 spiro atoms. The highest BCUT2D eigenvalue weighted by Crippen LogP contribution is 2.14. The van der Waals surface area contributed by atoms with Gasteiger partial charge < -0.3 is 5.73 Å². The maximum Gasteiger partial charge on any atom is 0.157 e. The molecule has 0 radical (unpaired) electrons. The largest absolute Gasteiger partial charge is 0.382 e. The summed E-state index contributed by atoms with van der Waals surface area (Å²) in [5, 5.41) is 6.01. The predicted molar refractivity (Wildman–Crippen MR) is 33.4 cm³/mol. The number of hydrogen-bond acceptors (Lipinski definition) is 3. The molecule has 0 amide bonds. The van der Waals surface area contributed by atoms with Crippen LogP contribution in [0.1, 0.15) is 10.4 Å². The molecule has 0 unspecified atom stereocenters. The number of nitrogens with zero attached hydrogens (tertiary/aromatic N) is 1. The number of aromatic nitrogens is 2. The fourth-order valence-corrected chi connectivity index (χ4v) is 0.638. The van der Waals surface area contributed by atoms with Gasteiger partial charge in [-0.2, -0.15) is 5.10 Å². The first kappa shape index (κ1) is 6.10. The van der Waals surface area contributed by atoms with Crippen LogP contribution in [0.15, 0.2) is 0 Å². The Balaban J connectivity index is 3.22. The monoisotopic (exact) mass is 145 g/mol. The van der Waals surface area contributed by atoms with Crippen molar-refractivity contribution in [3.63, 3.8) is 0 Å². The van der Waals surface area contributed by atoms with Gasteiger partial charge in [-0.25, -0.2) is 0 Å². The van der Waals surface area contributed by atoms with Crippen LogP contribution in [0.2, 0.25) is 5.15 Å². The lowest BCUT2D eigenvalue weighted by Crippen LogP contribution is -1.88. The van der Waals surface area contributed by atoms with Crippen LogP contribution in [0.25, 0.3) is 0 Å². The summed E-state index contributed by atoms with van der Waals surface area (Å²) in [5.41, 5.74) is 5.41. The van der Waals surface area contributed by atoms with Gasteiger partial charge in [-0.05, 0) is 0 Å². The normalized spacial score (nSPS) is 9.44. The SMILES string of the molecule is Nc1n[nH]c(Cl)c1C=O. The van der Waals surface area contributed by atoms with Crippen molar-refractivity contribution in [2.24, 2.45) is 0 Å². The van der Waals surface area contributed by atoms with Crippen molar-refractivity contribution in [2.45, 2.75) is 0 Å². The highest BCUT2D eigenvalue weighted by molar-refractivity contribution is 6.32. The van der Waals surface area contributed by atoms with Gasteiger partial charge >= 0.3 is 0 Å². The van der Waals surface area contributed by atoms with Crippen LogP contribution < -0.4 is 5.73 Å². The number of carbonyl (C=O) groups excluding carboxylic acids is 1. The second kappa shape index (κ2) is 2.06. The van der Waals surface area contributed by atoms with Crippen LogP contribution >= 0.6 is 11.6 Å². The average Bonchev–Trinajstić information content (AvgIpc) is 2.12. The Labute approximate surface area is 56.0 Å². The van der Waals surface area contributed by atoms with E-state index in [2.05, 4.69) is 10.2 Å². The number of aromatic amines is 1. The molecule has 1 aromatic rings.